The van der Waals surface area contributed by atoms with Crippen molar-refractivity contribution in [3.05, 3.63) is 59.2 Å². The zero-order chi connectivity index (χ0) is 20.9. The molecule has 0 aromatic heterocycles. The normalized spacial score (nSPS) is 12.9. The van der Waals surface area contributed by atoms with Gasteiger partial charge < -0.3 is 5.32 Å². The van der Waals surface area contributed by atoms with E-state index in [1.165, 1.54) is 37.4 Å². The van der Waals surface area contributed by atoms with E-state index >= 15 is 0 Å². The molecule has 0 heterocycles. The van der Waals surface area contributed by atoms with E-state index in [1.807, 2.05) is 0 Å². The number of nitrogens with zero attached hydrogens (tertiary/aromatic N) is 1. The zero-order valence-corrected chi connectivity index (χ0v) is 15.3. The van der Waals surface area contributed by atoms with Gasteiger partial charge in [-0.2, -0.15) is 26.3 Å². The predicted molar refractivity (Wildman–Crippen MR) is 94.7 cm³/mol. The SMILES string of the molecule is CN/C(=N\c1cc(SCC(F)(F)F)ccc1CF)c1ccc(C(F)(F)F)cc1. The molecule has 2 rings (SSSR count). The van der Waals surface area contributed by atoms with Crippen LogP contribution in [-0.4, -0.2) is 24.8 Å². The fourth-order valence-electron chi connectivity index (χ4n) is 2.22. The number of benzene rings is 2. The van der Waals surface area contributed by atoms with E-state index in [0.29, 0.717) is 17.3 Å². The summed E-state index contributed by atoms with van der Waals surface area (Å²) in [4.78, 5) is 4.45. The second-order valence-corrected chi connectivity index (χ2v) is 6.66. The molecule has 152 valence electrons. The quantitative estimate of drug-likeness (QED) is 0.270. The summed E-state index contributed by atoms with van der Waals surface area (Å²) in [7, 11) is 1.48. The molecule has 0 unspecified atom stereocenters. The largest absolute Gasteiger partial charge is 0.416 e. The van der Waals surface area contributed by atoms with Crippen molar-refractivity contribution in [1.29, 1.82) is 0 Å². The maximum absolute atomic E-state index is 13.2. The van der Waals surface area contributed by atoms with Gasteiger partial charge in [0.2, 0.25) is 0 Å². The number of nitrogens with one attached hydrogen (secondary N) is 1. The maximum atomic E-state index is 13.2. The van der Waals surface area contributed by atoms with Gasteiger partial charge in [-0.3, -0.25) is 0 Å². The van der Waals surface area contributed by atoms with Crippen molar-refractivity contribution in [2.45, 2.75) is 23.9 Å². The first-order chi connectivity index (χ1) is 13.0. The van der Waals surface area contributed by atoms with Gasteiger partial charge in [-0.25, -0.2) is 9.38 Å². The third-order valence-electron chi connectivity index (χ3n) is 3.56. The van der Waals surface area contributed by atoms with E-state index in [2.05, 4.69) is 10.3 Å². The van der Waals surface area contributed by atoms with E-state index in [1.54, 1.807) is 0 Å². The van der Waals surface area contributed by atoms with Crippen LogP contribution in [0.25, 0.3) is 0 Å². The lowest BCUT2D eigenvalue weighted by molar-refractivity contribution is -0.137. The Bertz CT molecular complexity index is 827. The lowest BCUT2D eigenvalue weighted by Gasteiger charge is -2.12. The first-order valence-electron chi connectivity index (χ1n) is 7.86. The molecule has 2 aromatic rings. The molecule has 1 N–H and O–H groups in total. The highest BCUT2D eigenvalue weighted by Crippen LogP contribution is 2.32. The van der Waals surface area contributed by atoms with Crippen LogP contribution in [0.3, 0.4) is 0 Å². The molecule has 0 fully saturated rings. The van der Waals surface area contributed by atoms with Crippen LogP contribution in [0.2, 0.25) is 0 Å². The number of thioether (sulfide) groups is 1. The molecule has 28 heavy (non-hydrogen) atoms. The predicted octanol–water partition coefficient (Wildman–Crippen LogP) is 6.13. The molecule has 0 saturated carbocycles. The summed E-state index contributed by atoms with van der Waals surface area (Å²) in [6.45, 7) is -0.896. The summed E-state index contributed by atoms with van der Waals surface area (Å²) in [5.41, 5.74) is -0.273. The van der Waals surface area contributed by atoms with Gasteiger partial charge in [-0.1, -0.05) is 18.2 Å². The van der Waals surface area contributed by atoms with Crippen molar-refractivity contribution in [2.24, 2.45) is 4.99 Å². The van der Waals surface area contributed by atoms with Crippen molar-refractivity contribution in [3.63, 3.8) is 0 Å². The van der Waals surface area contributed by atoms with Gasteiger partial charge in [0.05, 0.1) is 17.0 Å². The third kappa shape index (κ3) is 6.15. The number of alkyl halides is 7. The van der Waals surface area contributed by atoms with Crippen LogP contribution in [-0.2, 0) is 12.9 Å². The number of rotatable bonds is 5. The average molecular weight is 424 g/mol. The van der Waals surface area contributed by atoms with Crippen LogP contribution in [0.5, 0.6) is 0 Å². The fourth-order valence-corrected chi connectivity index (χ4v) is 2.91. The molecule has 2 nitrogen and oxygen atoms in total. The van der Waals surface area contributed by atoms with Crippen molar-refractivity contribution < 1.29 is 30.7 Å². The van der Waals surface area contributed by atoms with Crippen LogP contribution in [0, 0.1) is 0 Å². The Morgan fingerprint density at radius 3 is 2.14 bits per heavy atom. The van der Waals surface area contributed by atoms with Crippen molar-refractivity contribution in [2.75, 3.05) is 12.8 Å². The zero-order valence-electron chi connectivity index (χ0n) is 14.5. The minimum Gasteiger partial charge on any atom is -0.373 e. The number of halogens is 7. The number of hydrogen-bond donors (Lipinski definition) is 1. The van der Waals surface area contributed by atoms with Crippen LogP contribution < -0.4 is 5.32 Å². The Kier molecular flexibility index (Phi) is 6.97. The highest BCUT2D eigenvalue weighted by atomic mass is 32.2. The van der Waals surface area contributed by atoms with Crippen molar-refractivity contribution in [1.82, 2.24) is 5.32 Å². The molecule has 2 aromatic carbocycles. The topological polar surface area (TPSA) is 24.4 Å². The van der Waals surface area contributed by atoms with Gasteiger partial charge in [0.25, 0.3) is 0 Å². The van der Waals surface area contributed by atoms with Gasteiger partial charge in [0, 0.05) is 23.1 Å². The maximum Gasteiger partial charge on any atom is 0.416 e. The minimum atomic E-state index is -4.49. The molecule has 0 amide bonds. The molecule has 0 saturated heterocycles. The molecule has 0 atom stereocenters. The molecule has 0 aliphatic carbocycles. The summed E-state index contributed by atoms with van der Waals surface area (Å²) in [6.07, 6.45) is -8.84. The summed E-state index contributed by atoms with van der Waals surface area (Å²) in [5, 5.41) is 2.71. The Labute approximate surface area is 160 Å². The van der Waals surface area contributed by atoms with Crippen LogP contribution in [0.1, 0.15) is 16.7 Å². The lowest BCUT2D eigenvalue weighted by Crippen LogP contribution is -2.19. The molecule has 10 heteroatoms. The van der Waals surface area contributed by atoms with Crippen molar-refractivity contribution >= 4 is 23.3 Å². The van der Waals surface area contributed by atoms with Crippen LogP contribution in [0.15, 0.2) is 52.4 Å². The molecule has 0 radical (unpaired) electrons. The first-order valence-corrected chi connectivity index (χ1v) is 8.84. The summed E-state index contributed by atoms with van der Waals surface area (Å²) in [5.74, 6) is -0.954. The van der Waals surface area contributed by atoms with Gasteiger partial charge in [0.1, 0.15) is 12.5 Å². The summed E-state index contributed by atoms with van der Waals surface area (Å²) >= 11 is 0.534. The number of aliphatic imine (C=N–C) groups is 1. The smallest absolute Gasteiger partial charge is 0.373 e. The molecule has 0 aliphatic rings. The van der Waals surface area contributed by atoms with Crippen LogP contribution in [0.4, 0.5) is 36.4 Å². The Morgan fingerprint density at radius 2 is 1.64 bits per heavy atom. The molecular formula is C18H15F7N2S. The van der Waals surface area contributed by atoms with E-state index in [-0.39, 0.29) is 22.0 Å². The summed E-state index contributed by atoms with van der Waals surface area (Å²) in [6, 6.07) is 8.18. The highest BCUT2D eigenvalue weighted by Gasteiger charge is 2.30. The second-order valence-electron chi connectivity index (χ2n) is 5.61. The monoisotopic (exact) mass is 424 g/mol. The van der Waals surface area contributed by atoms with Gasteiger partial charge in [-0.15, -0.1) is 11.8 Å². The van der Waals surface area contributed by atoms with Crippen LogP contribution >= 0.6 is 11.8 Å². The Balaban J connectivity index is 2.36. The highest BCUT2D eigenvalue weighted by molar-refractivity contribution is 7.99. The first kappa shape index (κ1) is 22.1. The molecule has 0 aliphatic heterocycles. The Morgan fingerprint density at radius 1 is 1.00 bits per heavy atom. The van der Waals surface area contributed by atoms with E-state index in [4.69, 9.17) is 0 Å². The number of hydrogen-bond acceptors (Lipinski definition) is 2. The van der Waals surface area contributed by atoms with Gasteiger partial charge in [0.15, 0.2) is 0 Å². The number of amidine groups is 1. The fraction of sp³-hybridized carbons (Fsp3) is 0.278. The van der Waals surface area contributed by atoms with E-state index in [0.717, 1.165) is 12.1 Å². The molecule has 0 spiro atoms. The third-order valence-corrected chi connectivity index (χ3v) is 4.62. The second kappa shape index (κ2) is 8.85. The van der Waals surface area contributed by atoms with E-state index < -0.39 is 30.3 Å². The van der Waals surface area contributed by atoms with Gasteiger partial charge in [-0.05, 0) is 24.3 Å². The molecular weight excluding hydrogens is 409 g/mol. The lowest BCUT2D eigenvalue weighted by atomic mass is 10.1. The molecule has 0 bridgehead atoms. The van der Waals surface area contributed by atoms with E-state index in [9.17, 15) is 30.7 Å². The minimum absolute atomic E-state index is 0.0962. The summed E-state index contributed by atoms with van der Waals surface area (Å²) < 4.78 is 88.4. The van der Waals surface area contributed by atoms with Crippen molar-refractivity contribution in [3.8, 4) is 0 Å². The standard InChI is InChI=1S/C18H15F7N2S/c1-26-16(11-2-5-13(6-3-11)18(23,24)25)27-15-8-14(7-4-12(15)9-19)28-10-17(20,21)22/h2-8H,9-10H2,1H3,(H,26,27). The van der Waals surface area contributed by atoms with Gasteiger partial charge >= 0.3 is 12.4 Å². The average Bonchev–Trinajstić information content (AvgIpc) is 2.63. The Hall–Kier alpha value is -2.23.